The summed E-state index contributed by atoms with van der Waals surface area (Å²) in [6.07, 6.45) is 4.93. The van der Waals surface area contributed by atoms with Crippen molar-refractivity contribution in [3.05, 3.63) is 29.8 Å². The van der Waals surface area contributed by atoms with Crippen LogP contribution in [-0.2, 0) is 0 Å². The van der Waals surface area contributed by atoms with E-state index in [0.717, 1.165) is 13.0 Å². The van der Waals surface area contributed by atoms with Crippen LogP contribution >= 0.6 is 0 Å². The molecule has 1 amide bonds. The smallest absolute Gasteiger partial charge is 0.251 e. The van der Waals surface area contributed by atoms with E-state index < -0.39 is 0 Å². The Balaban J connectivity index is 1.66. The molecule has 0 saturated carbocycles. The van der Waals surface area contributed by atoms with Gasteiger partial charge in [-0.1, -0.05) is 12.5 Å². The fourth-order valence-corrected chi connectivity index (χ4v) is 2.44. The fraction of sp³-hybridized carbons (Fsp3) is 0.533. The molecule has 2 rings (SSSR count). The number of piperidine rings is 1. The monoisotopic (exact) mass is 262 g/mol. The van der Waals surface area contributed by atoms with Gasteiger partial charge in [0, 0.05) is 12.1 Å². The molecule has 0 atom stereocenters. The normalized spacial score (nSPS) is 16.2. The number of phenolic OH excluding ortho intramolecular Hbond substituents is 1. The molecule has 1 aliphatic heterocycles. The van der Waals surface area contributed by atoms with Gasteiger partial charge in [0.1, 0.15) is 5.75 Å². The number of phenols is 1. The summed E-state index contributed by atoms with van der Waals surface area (Å²) >= 11 is 0. The van der Waals surface area contributed by atoms with Crippen LogP contribution in [0.4, 0.5) is 0 Å². The number of carbonyl (C=O) groups is 1. The Morgan fingerprint density at radius 2 is 2.05 bits per heavy atom. The van der Waals surface area contributed by atoms with Crippen molar-refractivity contribution in [2.24, 2.45) is 0 Å². The minimum atomic E-state index is -0.116. The summed E-state index contributed by atoms with van der Waals surface area (Å²) in [5.41, 5.74) is 0.512. The van der Waals surface area contributed by atoms with Gasteiger partial charge in [0.2, 0.25) is 0 Å². The van der Waals surface area contributed by atoms with Crippen molar-refractivity contribution in [3.63, 3.8) is 0 Å². The highest BCUT2D eigenvalue weighted by Gasteiger charge is 2.09. The van der Waals surface area contributed by atoms with Crippen molar-refractivity contribution in [2.45, 2.75) is 25.7 Å². The van der Waals surface area contributed by atoms with E-state index in [1.165, 1.54) is 38.4 Å². The predicted octanol–water partition coefficient (Wildman–Crippen LogP) is 2.00. The molecule has 0 aromatic heterocycles. The Hall–Kier alpha value is -1.55. The number of nitrogens with one attached hydrogen (secondary N) is 1. The van der Waals surface area contributed by atoms with Crippen molar-refractivity contribution >= 4 is 5.91 Å². The van der Waals surface area contributed by atoms with E-state index >= 15 is 0 Å². The molecule has 0 unspecified atom stereocenters. The van der Waals surface area contributed by atoms with E-state index in [4.69, 9.17) is 0 Å². The molecule has 1 aromatic rings. The van der Waals surface area contributed by atoms with Crippen LogP contribution < -0.4 is 5.32 Å². The molecule has 0 bridgehead atoms. The maximum absolute atomic E-state index is 11.8. The highest BCUT2D eigenvalue weighted by Crippen LogP contribution is 2.11. The first kappa shape index (κ1) is 13.9. The first-order valence-electron chi connectivity index (χ1n) is 7.05. The van der Waals surface area contributed by atoms with Crippen LogP contribution in [0.25, 0.3) is 0 Å². The molecule has 1 aliphatic rings. The number of hydrogen-bond donors (Lipinski definition) is 2. The predicted molar refractivity (Wildman–Crippen MR) is 75.3 cm³/mol. The van der Waals surface area contributed by atoms with Gasteiger partial charge in [0.05, 0.1) is 0 Å². The molecule has 1 aromatic carbocycles. The highest BCUT2D eigenvalue weighted by molar-refractivity contribution is 5.94. The van der Waals surface area contributed by atoms with Gasteiger partial charge in [-0.25, -0.2) is 0 Å². The summed E-state index contributed by atoms with van der Waals surface area (Å²) in [4.78, 5) is 14.3. The lowest BCUT2D eigenvalue weighted by Crippen LogP contribution is -2.33. The van der Waals surface area contributed by atoms with Gasteiger partial charge in [0.15, 0.2) is 0 Å². The van der Waals surface area contributed by atoms with E-state index in [1.54, 1.807) is 18.2 Å². The number of likely N-dealkylation sites (tertiary alicyclic amines) is 1. The third kappa shape index (κ3) is 4.56. The van der Waals surface area contributed by atoms with Crippen molar-refractivity contribution in [2.75, 3.05) is 26.2 Å². The van der Waals surface area contributed by atoms with E-state index in [-0.39, 0.29) is 11.7 Å². The van der Waals surface area contributed by atoms with Gasteiger partial charge in [-0.3, -0.25) is 4.79 Å². The summed E-state index contributed by atoms with van der Waals surface area (Å²) in [6.45, 7) is 4.13. The number of hydrogen-bond acceptors (Lipinski definition) is 3. The average Bonchev–Trinajstić information content (AvgIpc) is 2.44. The summed E-state index contributed by atoms with van der Waals surface area (Å²) in [6, 6.07) is 6.44. The quantitative estimate of drug-likeness (QED) is 0.798. The zero-order valence-electron chi connectivity index (χ0n) is 11.3. The average molecular weight is 262 g/mol. The lowest BCUT2D eigenvalue weighted by atomic mass is 10.1. The Bertz CT molecular complexity index is 414. The summed E-state index contributed by atoms with van der Waals surface area (Å²) in [7, 11) is 0. The molecular weight excluding hydrogens is 240 g/mol. The van der Waals surface area contributed by atoms with Crippen molar-refractivity contribution in [1.82, 2.24) is 10.2 Å². The van der Waals surface area contributed by atoms with Gasteiger partial charge in [0.25, 0.3) is 5.91 Å². The van der Waals surface area contributed by atoms with Crippen molar-refractivity contribution in [1.29, 1.82) is 0 Å². The van der Waals surface area contributed by atoms with Gasteiger partial charge in [-0.2, -0.15) is 0 Å². The fourth-order valence-electron chi connectivity index (χ4n) is 2.44. The van der Waals surface area contributed by atoms with Crippen LogP contribution in [0.5, 0.6) is 5.75 Å². The molecule has 1 heterocycles. The third-order valence-electron chi connectivity index (χ3n) is 3.49. The zero-order valence-corrected chi connectivity index (χ0v) is 11.3. The summed E-state index contributed by atoms with van der Waals surface area (Å²) in [5.74, 6) is 0.00973. The van der Waals surface area contributed by atoms with Gasteiger partial charge in [-0.05, 0) is 57.1 Å². The lowest BCUT2D eigenvalue weighted by Gasteiger charge is -2.26. The van der Waals surface area contributed by atoms with Gasteiger partial charge < -0.3 is 15.3 Å². The van der Waals surface area contributed by atoms with Crippen LogP contribution in [0.15, 0.2) is 24.3 Å². The maximum Gasteiger partial charge on any atom is 0.251 e. The number of aromatic hydroxyl groups is 1. The number of nitrogens with zero attached hydrogens (tertiary/aromatic N) is 1. The largest absolute Gasteiger partial charge is 0.508 e. The highest BCUT2D eigenvalue weighted by atomic mass is 16.3. The molecule has 1 fully saturated rings. The first-order chi connectivity index (χ1) is 9.25. The number of carbonyl (C=O) groups excluding carboxylic acids is 1. The van der Waals surface area contributed by atoms with E-state index in [0.29, 0.717) is 12.1 Å². The minimum absolute atomic E-state index is 0.116. The van der Waals surface area contributed by atoms with E-state index in [1.807, 2.05) is 0 Å². The molecule has 19 heavy (non-hydrogen) atoms. The Morgan fingerprint density at radius 1 is 1.26 bits per heavy atom. The molecule has 1 saturated heterocycles. The van der Waals surface area contributed by atoms with E-state index in [9.17, 15) is 9.90 Å². The Kier molecular flexibility index (Phi) is 5.21. The molecule has 0 radical (unpaired) electrons. The topological polar surface area (TPSA) is 52.6 Å². The molecule has 0 spiro atoms. The first-order valence-corrected chi connectivity index (χ1v) is 7.05. The second-order valence-electron chi connectivity index (χ2n) is 5.06. The molecule has 0 aliphatic carbocycles. The van der Waals surface area contributed by atoms with Crippen LogP contribution in [-0.4, -0.2) is 42.1 Å². The SMILES string of the molecule is O=C(NCCCN1CCCCC1)c1cccc(O)c1. The standard InChI is InChI=1S/C15H22N2O2/c18-14-7-4-6-13(12-14)15(19)16-8-5-11-17-9-2-1-3-10-17/h4,6-7,12,18H,1-3,5,8-11H2,(H,16,19). The summed E-state index contributed by atoms with van der Waals surface area (Å²) in [5, 5.41) is 12.2. The molecule has 4 heteroatoms. The van der Waals surface area contributed by atoms with Gasteiger partial charge in [-0.15, -0.1) is 0 Å². The Labute approximate surface area is 114 Å². The Morgan fingerprint density at radius 3 is 2.79 bits per heavy atom. The van der Waals surface area contributed by atoms with E-state index in [2.05, 4.69) is 10.2 Å². The molecule has 4 nitrogen and oxygen atoms in total. The van der Waals surface area contributed by atoms with Crippen LogP contribution in [0.1, 0.15) is 36.0 Å². The van der Waals surface area contributed by atoms with Crippen molar-refractivity contribution < 1.29 is 9.90 Å². The minimum Gasteiger partial charge on any atom is -0.508 e. The number of benzene rings is 1. The number of amides is 1. The molecular formula is C15H22N2O2. The second kappa shape index (κ2) is 7.14. The third-order valence-corrected chi connectivity index (χ3v) is 3.49. The van der Waals surface area contributed by atoms with Crippen LogP contribution in [0.3, 0.4) is 0 Å². The van der Waals surface area contributed by atoms with Crippen LogP contribution in [0.2, 0.25) is 0 Å². The zero-order chi connectivity index (χ0) is 13.5. The molecule has 104 valence electrons. The van der Waals surface area contributed by atoms with Crippen LogP contribution in [0, 0.1) is 0 Å². The maximum atomic E-state index is 11.8. The van der Waals surface area contributed by atoms with Gasteiger partial charge >= 0.3 is 0 Å². The summed E-state index contributed by atoms with van der Waals surface area (Å²) < 4.78 is 0. The number of rotatable bonds is 5. The van der Waals surface area contributed by atoms with Crippen molar-refractivity contribution in [3.8, 4) is 5.75 Å². The molecule has 2 N–H and O–H groups in total. The lowest BCUT2D eigenvalue weighted by molar-refractivity contribution is 0.0950. The second-order valence-corrected chi connectivity index (χ2v) is 5.06.